The van der Waals surface area contributed by atoms with Gasteiger partial charge in [-0.2, -0.15) is 15.0 Å². The smallest absolute Gasteiger partial charge is 0.233 e. The van der Waals surface area contributed by atoms with E-state index in [1.807, 2.05) is 0 Å². The first-order valence-corrected chi connectivity index (χ1v) is 11.4. The molecule has 0 radical (unpaired) electrons. The van der Waals surface area contributed by atoms with Crippen LogP contribution in [0.25, 0.3) is 0 Å². The van der Waals surface area contributed by atoms with Gasteiger partial charge >= 0.3 is 0 Å². The molecule has 2 aliphatic rings. The zero-order chi connectivity index (χ0) is 22.3. The molecule has 172 valence electrons. The maximum absolute atomic E-state index is 14.1. The number of allylic oxidation sites excluding steroid dienone is 1. The minimum Gasteiger partial charge on any atom is -0.494 e. The summed E-state index contributed by atoms with van der Waals surface area (Å²) >= 11 is 0. The number of ether oxygens (including phenoxy) is 1. The summed E-state index contributed by atoms with van der Waals surface area (Å²) in [7, 11) is 1.44. The van der Waals surface area contributed by atoms with E-state index in [2.05, 4.69) is 54.9 Å². The van der Waals surface area contributed by atoms with E-state index >= 15 is 0 Å². The third kappa shape index (κ3) is 5.64. The fourth-order valence-electron chi connectivity index (χ4n) is 4.30. The third-order valence-electron chi connectivity index (χ3n) is 6.01. The normalized spacial score (nSPS) is 20.8. The molecule has 2 heterocycles. The van der Waals surface area contributed by atoms with Crippen LogP contribution in [-0.4, -0.2) is 58.7 Å². The number of hydrogen-bond acceptors (Lipinski definition) is 8. The van der Waals surface area contributed by atoms with E-state index in [9.17, 15) is 4.39 Å². The second-order valence-electron chi connectivity index (χ2n) is 8.20. The van der Waals surface area contributed by atoms with Crippen LogP contribution in [0.3, 0.4) is 0 Å². The number of methoxy groups -OCH3 is 1. The quantitative estimate of drug-likeness (QED) is 0.500. The van der Waals surface area contributed by atoms with Gasteiger partial charge in [0.25, 0.3) is 0 Å². The topological polar surface area (TPSA) is 87.2 Å². The number of rotatable bonds is 9. The standard InChI is InChI=1S/C23H32FN7O/c1-3-31-13-7-10-18(31)15-25-21-28-22(26-16-8-5-4-6-9-16)30-23(29-21)27-17-11-12-20(32-2)19(24)14-17/h5,8,11-12,14,16,18H,3-4,6-7,9-10,13,15H2,1-2H3,(H3,25,26,27,28,29,30). The lowest BCUT2D eigenvalue weighted by atomic mass is 10.0. The zero-order valence-corrected chi connectivity index (χ0v) is 18.8. The van der Waals surface area contributed by atoms with Crippen molar-refractivity contribution in [3.8, 4) is 5.75 Å². The molecule has 1 aromatic heterocycles. The number of anilines is 4. The number of nitrogens with zero attached hydrogens (tertiary/aromatic N) is 4. The summed E-state index contributed by atoms with van der Waals surface area (Å²) in [5.41, 5.74) is 0.539. The Kier molecular flexibility index (Phi) is 7.36. The van der Waals surface area contributed by atoms with Gasteiger partial charge in [-0.25, -0.2) is 4.39 Å². The molecule has 0 amide bonds. The molecule has 1 fully saturated rings. The summed E-state index contributed by atoms with van der Waals surface area (Å²) in [5.74, 6) is 1.10. The predicted octanol–water partition coefficient (Wildman–Crippen LogP) is 4.18. The van der Waals surface area contributed by atoms with Crippen LogP contribution in [0.15, 0.2) is 30.4 Å². The number of likely N-dealkylation sites (N-methyl/N-ethyl adjacent to an activating group) is 1. The van der Waals surface area contributed by atoms with Gasteiger partial charge in [0.1, 0.15) is 0 Å². The molecule has 0 saturated carbocycles. The molecule has 1 aliphatic heterocycles. The average Bonchev–Trinajstić information content (AvgIpc) is 3.26. The van der Waals surface area contributed by atoms with E-state index in [1.165, 1.54) is 26.0 Å². The second-order valence-corrected chi connectivity index (χ2v) is 8.20. The van der Waals surface area contributed by atoms with Crippen molar-refractivity contribution in [1.29, 1.82) is 0 Å². The van der Waals surface area contributed by atoms with E-state index < -0.39 is 5.82 Å². The number of nitrogens with one attached hydrogen (secondary N) is 3. The lowest BCUT2D eigenvalue weighted by Gasteiger charge is -2.23. The average molecular weight is 442 g/mol. The Labute approximate surface area is 188 Å². The molecule has 32 heavy (non-hydrogen) atoms. The highest BCUT2D eigenvalue weighted by atomic mass is 19.1. The molecule has 9 heteroatoms. The van der Waals surface area contributed by atoms with Crippen molar-refractivity contribution in [2.24, 2.45) is 0 Å². The second kappa shape index (κ2) is 10.6. The summed E-state index contributed by atoms with van der Waals surface area (Å²) in [6.45, 7) is 5.14. The lowest BCUT2D eigenvalue weighted by molar-refractivity contribution is 0.277. The summed E-state index contributed by atoms with van der Waals surface area (Å²) in [6.07, 6.45) is 9.99. The maximum atomic E-state index is 14.1. The van der Waals surface area contributed by atoms with Crippen molar-refractivity contribution < 1.29 is 9.13 Å². The monoisotopic (exact) mass is 441 g/mol. The van der Waals surface area contributed by atoms with Gasteiger partial charge in [-0.15, -0.1) is 0 Å². The van der Waals surface area contributed by atoms with Gasteiger partial charge in [0.05, 0.1) is 7.11 Å². The number of aromatic nitrogens is 3. The van der Waals surface area contributed by atoms with Crippen molar-refractivity contribution in [2.75, 3.05) is 42.7 Å². The molecule has 1 aliphatic carbocycles. The van der Waals surface area contributed by atoms with Gasteiger partial charge in [-0.05, 0) is 57.3 Å². The summed E-state index contributed by atoms with van der Waals surface area (Å²) < 4.78 is 19.1. The van der Waals surface area contributed by atoms with Crippen LogP contribution in [0.1, 0.15) is 39.0 Å². The Morgan fingerprint density at radius 1 is 1.12 bits per heavy atom. The van der Waals surface area contributed by atoms with Crippen molar-refractivity contribution in [3.63, 3.8) is 0 Å². The first-order valence-electron chi connectivity index (χ1n) is 11.4. The van der Waals surface area contributed by atoms with Crippen molar-refractivity contribution in [1.82, 2.24) is 19.9 Å². The van der Waals surface area contributed by atoms with Crippen LogP contribution < -0.4 is 20.7 Å². The Morgan fingerprint density at radius 2 is 1.97 bits per heavy atom. The summed E-state index contributed by atoms with van der Waals surface area (Å²) in [5, 5.41) is 9.88. The highest BCUT2D eigenvalue weighted by Gasteiger charge is 2.23. The molecule has 4 rings (SSSR count). The lowest BCUT2D eigenvalue weighted by Crippen LogP contribution is -2.35. The number of benzene rings is 1. The van der Waals surface area contributed by atoms with E-state index in [0.29, 0.717) is 29.6 Å². The predicted molar refractivity (Wildman–Crippen MR) is 125 cm³/mol. The van der Waals surface area contributed by atoms with Crippen molar-refractivity contribution >= 4 is 23.5 Å². The van der Waals surface area contributed by atoms with E-state index in [1.54, 1.807) is 12.1 Å². The molecule has 1 saturated heterocycles. The van der Waals surface area contributed by atoms with Crippen LogP contribution in [-0.2, 0) is 0 Å². The van der Waals surface area contributed by atoms with E-state index in [4.69, 9.17) is 4.74 Å². The fourth-order valence-corrected chi connectivity index (χ4v) is 4.30. The van der Waals surface area contributed by atoms with Crippen LogP contribution in [0.2, 0.25) is 0 Å². The third-order valence-corrected chi connectivity index (χ3v) is 6.01. The van der Waals surface area contributed by atoms with E-state index in [-0.39, 0.29) is 11.8 Å². The molecule has 3 N–H and O–H groups in total. The molecule has 2 aromatic rings. The molecular formula is C23H32FN7O. The van der Waals surface area contributed by atoms with Crippen LogP contribution >= 0.6 is 0 Å². The molecule has 8 nitrogen and oxygen atoms in total. The van der Waals surface area contributed by atoms with Gasteiger partial charge in [0.15, 0.2) is 11.6 Å². The molecule has 2 atom stereocenters. The van der Waals surface area contributed by atoms with Crippen LogP contribution in [0, 0.1) is 5.82 Å². The van der Waals surface area contributed by atoms with Crippen LogP contribution in [0.4, 0.5) is 27.9 Å². The first-order chi connectivity index (χ1) is 15.6. The minimum absolute atomic E-state index is 0.190. The summed E-state index contributed by atoms with van der Waals surface area (Å²) in [6, 6.07) is 5.33. The SMILES string of the molecule is CCN1CCCC1CNc1nc(Nc2ccc(OC)c(F)c2)nc(NC2C=CCCC2)n1. The van der Waals surface area contributed by atoms with Crippen LogP contribution in [0.5, 0.6) is 5.75 Å². The van der Waals surface area contributed by atoms with Gasteiger partial charge in [-0.3, -0.25) is 4.90 Å². The Morgan fingerprint density at radius 3 is 2.72 bits per heavy atom. The summed E-state index contributed by atoms with van der Waals surface area (Å²) in [4.78, 5) is 16.1. The molecule has 0 bridgehead atoms. The van der Waals surface area contributed by atoms with Gasteiger partial charge in [0, 0.05) is 30.4 Å². The maximum Gasteiger partial charge on any atom is 0.233 e. The number of likely N-dealkylation sites (tertiary alicyclic amines) is 1. The molecular weight excluding hydrogens is 409 g/mol. The zero-order valence-electron chi connectivity index (χ0n) is 18.8. The number of halogens is 1. The molecule has 1 aromatic carbocycles. The van der Waals surface area contributed by atoms with Gasteiger partial charge in [-0.1, -0.05) is 19.1 Å². The van der Waals surface area contributed by atoms with Gasteiger partial charge < -0.3 is 20.7 Å². The Balaban J connectivity index is 1.52. The van der Waals surface area contributed by atoms with E-state index in [0.717, 1.165) is 38.9 Å². The highest BCUT2D eigenvalue weighted by Crippen LogP contribution is 2.24. The highest BCUT2D eigenvalue weighted by molar-refractivity contribution is 5.57. The van der Waals surface area contributed by atoms with Crippen molar-refractivity contribution in [3.05, 3.63) is 36.2 Å². The van der Waals surface area contributed by atoms with Crippen molar-refractivity contribution in [2.45, 2.75) is 51.1 Å². The first kappa shape index (κ1) is 22.3. The largest absolute Gasteiger partial charge is 0.494 e. The number of hydrogen-bond donors (Lipinski definition) is 3. The Hall–Kier alpha value is -2.94. The van der Waals surface area contributed by atoms with Gasteiger partial charge in [0.2, 0.25) is 17.8 Å². The molecule has 2 unspecified atom stereocenters. The molecule has 0 spiro atoms. The fraction of sp³-hybridized carbons (Fsp3) is 0.522. The Bertz CT molecular complexity index is 939. The minimum atomic E-state index is -0.448.